The Balaban J connectivity index is 2.08. The Kier molecular flexibility index (Phi) is 1.80. The van der Waals surface area contributed by atoms with Crippen LogP contribution in [-0.4, -0.2) is 18.8 Å². The van der Waals surface area contributed by atoms with E-state index in [-0.39, 0.29) is 5.97 Å². The maximum atomic E-state index is 11.3. The molecule has 0 radical (unpaired) electrons. The fraction of sp³-hybridized carbons (Fsp3) is 0.0769. The van der Waals surface area contributed by atoms with E-state index >= 15 is 0 Å². The highest BCUT2D eigenvalue weighted by Crippen LogP contribution is 2.38. The smallest absolute Gasteiger partial charge is 0.356 e. The molecule has 0 unspecified atom stereocenters. The van der Waals surface area contributed by atoms with Crippen LogP contribution in [0.15, 0.2) is 41.0 Å². The molecule has 0 fully saturated rings. The minimum absolute atomic E-state index is 0.373. The van der Waals surface area contributed by atoms with Gasteiger partial charge in [-0.3, -0.25) is 0 Å². The van der Waals surface area contributed by atoms with Crippen LogP contribution in [0.2, 0.25) is 0 Å². The van der Waals surface area contributed by atoms with Crippen LogP contribution in [0, 0.1) is 0 Å². The second-order valence-electron chi connectivity index (χ2n) is 3.66. The van der Waals surface area contributed by atoms with Gasteiger partial charge in [-0.15, -0.1) is 0 Å². The van der Waals surface area contributed by atoms with Gasteiger partial charge in [0.25, 0.3) is 0 Å². The first-order valence-electron chi connectivity index (χ1n) is 5.00. The average Bonchev–Trinajstić information content (AvgIpc) is 2.85. The Morgan fingerprint density at radius 2 is 2.06 bits per heavy atom. The molecule has 3 nitrogen and oxygen atoms in total. The molecule has 0 aromatic heterocycles. The van der Waals surface area contributed by atoms with Crippen molar-refractivity contribution >= 4 is 23.3 Å². The third-order valence-electron chi connectivity index (χ3n) is 2.74. The maximum Gasteiger partial charge on any atom is 0.356 e. The van der Waals surface area contributed by atoms with Gasteiger partial charge in [-0.05, 0) is 23.3 Å². The predicted molar refractivity (Wildman–Crippen MR) is 61.8 cm³/mol. The number of rotatable bonds is 1. The van der Waals surface area contributed by atoms with Gasteiger partial charge in [-0.1, -0.05) is 24.3 Å². The molecule has 1 aromatic rings. The number of hydrogen-bond donors (Lipinski definition) is 0. The number of nitrogens with zero attached hydrogens (tertiary/aromatic N) is 1. The molecule has 2 aliphatic rings. The number of esters is 1. The number of allylic oxidation sites excluding steroid dienone is 1. The molecule has 0 atom stereocenters. The van der Waals surface area contributed by atoms with Gasteiger partial charge in [0.2, 0.25) is 0 Å². The topological polar surface area (TPSA) is 38.7 Å². The summed E-state index contributed by atoms with van der Waals surface area (Å²) in [6.07, 6.45) is 3.76. The number of fused-ring (bicyclic) bond motifs is 3. The van der Waals surface area contributed by atoms with Crippen LogP contribution >= 0.6 is 0 Å². The van der Waals surface area contributed by atoms with Gasteiger partial charge < -0.3 is 4.74 Å². The molecule has 1 aliphatic carbocycles. The first kappa shape index (κ1) is 9.09. The second-order valence-corrected chi connectivity index (χ2v) is 3.66. The molecule has 3 rings (SSSR count). The van der Waals surface area contributed by atoms with Gasteiger partial charge in [0.15, 0.2) is 0 Å². The van der Waals surface area contributed by atoms with E-state index in [1.807, 2.05) is 30.3 Å². The van der Waals surface area contributed by atoms with Crippen LogP contribution in [0.4, 0.5) is 0 Å². The maximum absolute atomic E-state index is 11.3. The van der Waals surface area contributed by atoms with Crippen molar-refractivity contribution in [3.05, 3.63) is 47.2 Å². The fourth-order valence-electron chi connectivity index (χ4n) is 1.98. The summed E-state index contributed by atoms with van der Waals surface area (Å²) in [5, 5.41) is 0. The number of ether oxygens (including phenoxy) is 1. The summed E-state index contributed by atoms with van der Waals surface area (Å²) in [6.45, 7) is 0. The second kappa shape index (κ2) is 3.17. The quantitative estimate of drug-likeness (QED) is 0.667. The highest BCUT2D eigenvalue weighted by molar-refractivity contribution is 6.45. The van der Waals surface area contributed by atoms with Crippen molar-refractivity contribution in [2.75, 3.05) is 7.11 Å². The summed E-state index contributed by atoms with van der Waals surface area (Å²) < 4.78 is 4.65. The van der Waals surface area contributed by atoms with E-state index in [9.17, 15) is 4.79 Å². The van der Waals surface area contributed by atoms with Crippen LogP contribution in [0.1, 0.15) is 11.1 Å². The van der Waals surface area contributed by atoms with E-state index in [4.69, 9.17) is 0 Å². The largest absolute Gasteiger partial charge is 0.464 e. The lowest BCUT2D eigenvalue weighted by molar-refractivity contribution is -0.132. The van der Waals surface area contributed by atoms with Crippen molar-refractivity contribution in [3.8, 4) is 0 Å². The van der Waals surface area contributed by atoms with Gasteiger partial charge in [-0.25, -0.2) is 9.79 Å². The molecule has 0 spiro atoms. The van der Waals surface area contributed by atoms with Crippen molar-refractivity contribution in [3.63, 3.8) is 0 Å². The Labute approximate surface area is 92.8 Å². The molecule has 0 saturated carbocycles. The van der Waals surface area contributed by atoms with Crippen LogP contribution in [0.5, 0.6) is 0 Å². The molecule has 78 valence electrons. The Morgan fingerprint density at radius 3 is 2.88 bits per heavy atom. The first-order valence-corrected chi connectivity index (χ1v) is 5.00. The van der Waals surface area contributed by atoms with Crippen molar-refractivity contribution < 1.29 is 9.53 Å². The standard InChI is InChI=1S/C13H9NO2/c1-16-13(15)12-7-10-9-5-3-2-4-8(9)6-11(10)14-12/h2-7H,1H3. The number of benzene rings is 1. The van der Waals surface area contributed by atoms with E-state index < -0.39 is 0 Å². The summed E-state index contributed by atoms with van der Waals surface area (Å²) >= 11 is 0. The summed E-state index contributed by atoms with van der Waals surface area (Å²) in [4.78, 5) is 15.6. The summed E-state index contributed by atoms with van der Waals surface area (Å²) in [7, 11) is 1.36. The lowest BCUT2D eigenvalue weighted by Gasteiger charge is -1.98. The molecule has 0 bridgehead atoms. The lowest BCUT2D eigenvalue weighted by atomic mass is 10.1. The lowest BCUT2D eigenvalue weighted by Crippen LogP contribution is -2.11. The van der Waals surface area contributed by atoms with Crippen LogP contribution in [-0.2, 0) is 9.53 Å². The minimum atomic E-state index is -0.389. The van der Waals surface area contributed by atoms with Crippen LogP contribution in [0.3, 0.4) is 0 Å². The molecule has 0 amide bonds. The zero-order chi connectivity index (χ0) is 11.1. The van der Waals surface area contributed by atoms with Crippen molar-refractivity contribution in [2.24, 2.45) is 4.99 Å². The van der Waals surface area contributed by atoms with E-state index in [1.165, 1.54) is 7.11 Å². The normalized spacial score (nSPS) is 15.9. The molecule has 1 aliphatic heterocycles. The fourth-order valence-corrected chi connectivity index (χ4v) is 1.98. The number of methoxy groups -OCH3 is 1. The Hall–Kier alpha value is -2.16. The van der Waals surface area contributed by atoms with E-state index in [2.05, 4.69) is 9.73 Å². The SMILES string of the molecule is COC(=O)C1=NC2=Cc3ccccc3C2=C1. The Morgan fingerprint density at radius 1 is 1.25 bits per heavy atom. The van der Waals surface area contributed by atoms with Crippen molar-refractivity contribution in [1.82, 2.24) is 0 Å². The first-order chi connectivity index (χ1) is 7.79. The van der Waals surface area contributed by atoms with Gasteiger partial charge in [0, 0.05) is 5.57 Å². The molecule has 1 heterocycles. The third-order valence-corrected chi connectivity index (χ3v) is 2.74. The van der Waals surface area contributed by atoms with Crippen molar-refractivity contribution in [2.45, 2.75) is 0 Å². The van der Waals surface area contributed by atoms with Gasteiger partial charge in [-0.2, -0.15) is 0 Å². The van der Waals surface area contributed by atoms with Crippen molar-refractivity contribution in [1.29, 1.82) is 0 Å². The van der Waals surface area contributed by atoms with Crippen LogP contribution < -0.4 is 0 Å². The number of hydrogen-bond acceptors (Lipinski definition) is 3. The van der Waals surface area contributed by atoms with Crippen LogP contribution in [0.25, 0.3) is 11.6 Å². The average molecular weight is 211 g/mol. The molecule has 16 heavy (non-hydrogen) atoms. The summed E-state index contributed by atoms with van der Waals surface area (Å²) in [5.41, 5.74) is 4.51. The molecule has 1 aromatic carbocycles. The monoisotopic (exact) mass is 211 g/mol. The van der Waals surface area contributed by atoms with Gasteiger partial charge >= 0.3 is 5.97 Å². The molecular formula is C13H9NO2. The third kappa shape index (κ3) is 1.15. The number of carbonyl (C=O) groups is 1. The zero-order valence-corrected chi connectivity index (χ0v) is 8.73. The van der Waals surface area contributed by atoms with E-state index in [0.29, 0.717) is 5.71 Å². The number of carbonyl (C=O) groups excluding carboxylic acids is 1. The van der Waals surface area contributed by atoms with Gasteiger partial charge in [0.05, 0.1) is 12.8 Å². The highest BCUT2D eigenvalue weighted by Gasteiger charge is 2.26. The summed E-state index contributed by atoms with van der Waals surface area (Å²) in [5.74, 6) is -0.389. The highest BCUT2D eigenvalue weighted by atomic mass is 16.5. The zero-order valence-electron chi connectivity index (χ0n) is 8.73. The molecule has 0 saturated heterocycles. The summed E-state index contributed by atoms with van der Waals surface area (Å²) in [6, 6.07) is 8.03. The molecule has 3 heteroatoms. The molecular weight excluding hydrogens is 202 g/mol. The number of aliphatic imine (C=N–C) groups is 1. The molecule has 0 N–H and O–H groups in total. The minimum Gasteiger partial charge on any atom is -0.464 e. The Bertz CT molecular complexity index is 579. The van der Waals surface area contributed by atoms with E-state index in [1.54, 1.807) is 6.08 Å². The predicted octanol–water partition coefficient (Wildman–Crippen LogP) is 2.05. The van der Waals surface area contributed by atoms with E-state index in [0.717, 1.165) is 22.4 Å². The van der Waals surface area contributed by atoms with Gasteiger partial charge in [0.1, 0.15) is 5.71 Å².